The van der Waals surface area contributed by atoms with Crippen LogP contribution in [-0.4, -0.2) is 19.1 Å². The first-order chi connectivity index (χ1) is 7.20. The molecule has 1 heterocycles. The first-order valence-corrected chi connectivity index (χ1v) is 5.17. The minimum Gasteiger partial charge on any atom is -0.468 e. The van der Waals surface area contributed by atoms with Gasteiger partial charge in [0.2, 0.25) is 0 Å². The van der Waals surface area contributed by atoms with Crippen molar-refractivity contribution in [3.05, 3.63) is 34.3 Å². The van der Waals surface area contributed by atoms with Crippen LogP contribution in [0.2, 0.25) is 5.02 Å². The lowest BCUT2D eigenvalue weighted by Gasteiger charge is -2.24. The van der Waals surface area contributed by atoms with E-state index in [9.17, 15) is 4.79 Å². The summed E-state index contributed by atoms with van der Waals surface area (Å²) in [4.78, 5) is 11.3. The van der Waals surface area contributed by atoms with Gasteiger partial charge in [0.25, 0.3) is 0 Å². The number of halogens is 2. The van der Waals surface area contributed by atoms with Gasteiger partial charge >= 0.3 is 5.97 Å². The average molecular weight is 262 g/mol. The summed E-state index contributed by atoms with van der Waals surface area (Å²) >= 11 is 5.88. The number of esters is 1. The Labute approximate surface area is 106 Å². The zero-order valence-corrected chi connectivity index (χ0v) is 10.4. The molecule has 1 N–H and O–H groups in total. The van der Waals surface area contributed by atoms with Gasteiger partial charge in [0.15, 0.2) is 0 Å². The summed E-state index contributed by atoms with van der Waals surface area (Å²) in [5.41, 5.74) is 2.32. The van der Waals surface area contributed by atoms with E-state index in [-0.39, 0.29) is 24.4 Å². The standard InChI is InChI=1S/C11H12ClNO2.ClH/c1-15-11(14)10-5-7-2-3-9(12)4-8(7)6-13-10;/h2-4,10,13H,5-6H2,1H3;1H/t10-;/m1./s1. The fourth-order valence-corrected chi connectivity index (χ4v) is 1.99. The van der Waals surface area contributed by atoms with E-state index in [0.29, 0.717) is 13.0 Å². The predicted molar refractivity (Wildman–Crippen MR) is 65.0 cm³/mol. The van der Waals surface area contributed by atoms with E-state index in [1.165, 1.54) is 7.11 Å². The second kappa shape index (κ2) is 5.53. The SMILES string of the molecule is COC(=O)[C@H]1Cc2ccc(Cl)cc2CN1.Cl. The molecule has 3 nitrogen and oxygen atoms in total. The maximum absolute atomic E-state index is 11.3. The van der Waals surface area contributed by atoms with E-state index in [2.05, 4.69) is 5.32 Å². The molecule has 2 rings (SSSR count). The number of ether oxygens (including phenoxy) is 1. The molecule has 0 saturated heterocycles. The number of nitrogens with one attached hydrogen (secondary N) is 1. The lowest BCUT2D eigenvalue weighted by atomic mass is 9.96. The van der Waals surface area contributed by atoms with Crippen molar-refractivity contribution in [2.24, 2.45) is 0 Å². The lowest BCUT2D eigenvalue weighted by Crippen LogP contribution is -2.42. The number of benzene rings is 1. The number of hydrogen-bond acceptors (Lipinski definition) is 3. The van der Waals surface area contributed by atoms with Crippen LogP contribution in [0.4, 0.5) is 0 Å². The Balaban J connectivity index is 0.00000128. The van der Waals surface area contributed by atoms with E-state index in [1.54, 1.807) is 0 Å². The Morgan fingerprint density at radius 3 is 2.94 bits per heavy atom. The van der Waals surface area contributed by atoms with Crippen molar-refractivity contribution in [3.63, 3.8) is 0 Å². The zero-order chi connectivity index (χ0) is 10.8. The van der Waals surface area contributed by atoms with Crippen LogP contribution < -0.4 is 5.32 Å². The Bertz CT molecular complexity index is 396. The van der Waals surface area contributed by atoms with Crippen LogP contribution in [0.3, 0.4) is 0 Å². The normalized spacial score (nSPS) is 18.2. The van der Waals surface area contributed by atoms with Crippen LogP contribution in [0.25, 0.3) is 0 Å². The summed E-state index contributed by atoms with van der Waals surface area (Å²) in [6, 6.07) is 5.51. The molecule has 0 radical (unpaired) electrons. The molecule has 0 amide bonds. The Morgan fingerprint density at radius 2 is 2.25 bits per heavy atom. The molecule has 16 heavy (non-hydrogen) atoms. The molecular weight excluding hydrogens is 249 g/mol. The Hall–Kier alpha value is -0.770. The van der Waals surface area contributed by atoms with E-state index in [4.69, 9.17) is 16.3 Å². The molecule has 0 spiro atoms. The molecule has 0 aliphatic carbocycles. The number of carbonyl (C=O) groups excluding carboxylic acids is 1. The van der Waals surface area contributed by atoms with Crippen LogP contribution in [0.1, 0.15) is 11.1 Å². The van der Waals surface area contributed by atoms with Crippen molar-refractivity contribution in [2.45, 2.75) is 19.0 Å². The first-order valence-electron chi connectivity index (χ1n) is 4.79. The largest absolute Gasteiger partial charge is 0.468 e. The molecule has 0 bridgehead atoms. The van der Waals surface area contributed by atoms with Crippen LogP contribution in [0, 0.1) is 0 Å². The minimum atomic E-state index is -0.233. The molecule has 1 aliphatic heterocycles. The summed E-state index contributed by atoms with van der Waals surface area (Å²) in [7, 11) is 1.40. The summed E-state index contributed by atoms with van der Waals surface area (Å²) in [6.07, 6.45) is 0.666. The fourth-order valence-electron chi connectivity index (χ4n) is 1.79. The van der Waals surface area contributed by atoms with Gasteiger partial charge in [-0.15, -0.1) is 12.4 Å². The third-order valence-electron chi connectivity index (χ3n) is 2.62. The van der Waals surface area contributed by atoms with Crippen molar-refractivity contribution >= 4 is 30.0 Å². The monoisotopic (exact) mass is 261 g/mol. The maximum atomic E-state index is 11.3. The van der Waals surface area contributed by atoms with Gasteiger partial charge < -0.3 is 10.1 Å². The second-order valence-electron chi connectivity index (χ2n) is 3.57. The lowest BCUT2D eigenvalue weighted by molar-refractivity contribution is -0.143. The topological polar surface area (TPSA) is 38.3 Å². The Kier molecular flexibility index (Phi) is 4.59. The molecule has 0 fully saturated rings. The van der Waals surface area contributed by atoms with Gasteiger partial charge in [-0.2, -0.15) is 0 Å². The van der Waals surface area contributed by atoms with Gasteiger partial charge in [-0.3, -0.25) is 4.79 Å². The molecule has 0 aromatic heterocycles. The van der Waals surface area contributed by atoms with Gasteiger partial charge in [0.1, 0.15) is 6.04 Å². The summed E-state index contributed by atoms with van der Waals surface area (Å²) in [6.45, 7) is 0.662. The highest BCUT2D eigenvalue weighted by atomic mass is 35.5. The van der Waals surface area contributed by atoms with E-state index < -0.39 is 0 Å². The van der Waals surface area contributed by atoms with Gasteiger partial charge in [-0.05, 0) is 29.7 Å². The number of fused-ring (bicyclic) bond motifs is 1. The fraction of sp³-hybridized carbons (Fsp3) is 0.364. The van der Waals surface area contributed by atoms with Crippen LogP contribution in [0.15, 0.2) is 18.2 Å². The highest BCUT2D eigenvalue weighted by Gasteiger charge is 2.24. The Morgan fingerprint density at radius 1 is 1.50 bits per heavy atom. The van der Waals surface area contributed by atoms with Crippen molar-refractivity contribution in [1.82, 2.24) is 5.32 Å². The van der Waals surface area contributed by atoms with Crippen LogP contribution in [-0.2, 0) is 22.5 Å². The zero-order valence-electron chi connectivity index (χ0n) is 8.83. The van der Waals surface area contributed by atoms with Crippen molar-refractivity contribution in [2.75, 3.05) is 7.11 Å². The number of rotatable bonds is 1. The average Bonchev–Trinajstić information content (AvgIpc) is 2.27. The van der Waals surface area contributed by atoms with Gasteiger partial charge in [0.05, 0.1) is 7.11 Å². The van der Waals surface area contributed by atoms with Crippen LogP contribution >= 0.6 is 24.0 Å². The molecule has 1 aromatic rings. The van der Waals surface area contributed by atoms with E-state index in [0.717, 1.165) is 16.1 Å². The summed E-state index contributed by atoms with van der Waals surface area (Å²) in [5, 5.41) is 3.85. The van der Waals surface area contributed by atoms with Crippen molar-refractivity contribution < 1.29 is 9.53 Å². The summed E-state index contributed by atoms with van der Waals surface area (Å²) < 4.78 is 4.70. The number of hydrogen-bond donors (Lipinski definition) is 1. The molecule has 88 valence electrons. The minimum absolute atomic E-state index is 0. The highest BCUT2D eigenvalue weighted by molar-refractivity contribution is 6.30. The van der Waals surface area contributed by atoms with E-state index in [1.807, 2.05) is 18.2 Å². The predicted octanol–water partition coefficient (Wildman–Crippen LogP) is 1.95. The van der Waals surface area contributed by atoms with Gasteiger partial charge in [-0.1, -0.05) is 17.7 Å². The summed E-state index contributed by atoms with van der Waals surface area (Å²) in [5.74, 6) is -0.212. The van der Waals surface area contributed by atoms with Crippen molar-refractivity contribution in [1.29, 1.82) is 0 Å². The van der Waals surface area contributed by atoms with Crippen molar-refractivity contribution in [3.8, 4) is 0 Å². The number of carbonyl (C=O) groups is 1. The third-order valence-corrected chi connectivity index (χ3v) is 2.85. The second-order valence-corrected chi connectivity index (χ2v) is 4.01. The maximum Gasteiger partial charge on any atom is 0.323 e. The quantitative estimate of drug-likeness (QED) is 0.786. The molecule has 1 aromatic carbocycles. The molecule has 5 heteroatoms. The molecule has 0 unspecified atom stereocenters. The van der Waals surface area contributed by atoms with E-state index >= 15 is 0 Å². The van der Waals surface area contributed by atoms with Gasteiger partial charge in [0, 0.05) is 11.6 Å². The van der Waals surface area contributed by atoms with Crippen LogP contribution in [0.5, 0.6) is 0 Å². The molecule has 0 saturated carbocycles. The molecule has 1 atom stereocenters. The third kappa shape index (κ3) is 2.67. The highest BCUT2D eigenvalue weighted by Crippen LogP contribution is 2.21. The van der Waals surface area contributed by atoms with Gasteiger partial charge in [-0.25, -0.2) is 0 Å². The number of methoxy groups -OCH3 is 1. The first kappa shape index (κ1) is 13.3. The molecular formula is C11H13Cl2NO2. The molecule has 1 aliphatic rings. The smallest absolute Gasteiger partial charge is 0.323 e.